The predicted molar refractivity (Wildman–Crippen MR) is 127 cm³/mol. The summed E-state index contributed by atoms with van der Waals surface area (Å²) in [5.74, 6) is 2.39. The summed E-state index contributed by atoms with van der Waals surface area (Å²) in [5, 5.41) is 0. The summed E-state index contributed by atoms with van der Waals surface area (Å²) in [6.07, 6.45) is 12.8. The van der Waals surface area contributed by atoms with Gasteiger partial charge in [0.05, 0.1) is 7.11 Å². The summed E-state index contributed by atoms with van der Waals surface area (Å²) in [7, 11) is 1.31. The number of ether oxygens (including phenoxy) is 1. The van der Waals surface area contributed by atoms with Crippen molar-refractivity contribution in [2.24, 2.45) is 56.7 Å². The lowest BCUT2D eigenvalue weighted by atomic mass is 9.41. The highest BCUT2D eigenvalue weighted by atomic mass is 16.5. The number of methoxy groups -OCH3 is 1. The lowest BCUT2D eigenvalue weighted by Crippen LogP contribution is -2.56. The summed E-state index contributed by atoms with van der Waals surface area (Å²) in [6.45, 7) is 15.1. The van der Waals surface area contributed by atoms with E-state index in [0.717, 1.165) is 17.8 Å². The zero-order valence-electron chi connectivity index (χ0n) is 21.7. The molecular formula is C29H46O3. The third-order valence-electron chi connectivity index (χ3n) is 13.3. The van der Waals surface area contributed by atoms with Crippen LogP contribution in [0, 0.1) is 56.7 Å². The van der Waals surface area contributed by atoms with Gasteiger partial charge < -0.3 is 4.74 Å². The highest BCUT2D eigenvalue weighted by Crippen LogP contribution is 2.89. The zero-order chi connectivity index (χ0) is 23.3. The first-order valence-corrected chi connectivity index (χ1v) is 13.5. The first-order valence-electron chi connectivity index (χ1n) is 13.5. The maximum Gasteiger partial charge on any atom is 0.374 e. The number of esters is 1. The zero-order valence-corrected chi connectivity index (χ0v) is 21.7. The minimum atomic E-state index is -0.669. The maximum atomic E-state index is 12.3. The molecule has 5 aliphatic rings. The van der Waals surface area contributed by atoms with Gasteiger partial charge in [0.15, 0.2) is 0 Å². The SMILES string of the molecule is COC(=O)C(=O)C[C@@H](C)[C@H]1CC[C@@]2(C)[C@@H]3CC[C@H]4C(C)(C)[C@@H](C)CC[C@@]45C[C@@]35CC[C@]12C. The number of hydrogen-bond acceptors (Lipinski definition) is 3. The number of hydrogen-bond donors (Lipinski definition) is 0. The van der Waals surface area contributed by atoms with Gasteiger partial charge in [0.25, 0.3) is 0 Å². The molecule has 0 N–H and O–H groups in total. The van der Waals surface area contributed by atoms with Gasteiger partial charge in [0.1, 0.15) is 0 Å². The van der Waals surface area contributed by atoms with Crippen LogP contribution in [0.3, 0.4) is 0 Å². The van der Waals surface area contributed by atoms with Gasteiger partial charge in [-0.25, -0.2) is 4.79 Å². The average Bonchev–Trinajstić information content (AvgIpc) is 3.33. The van der Waals surface area contributed by atoms with E-state index in [0.29, 0.717) is 34.0 Å². The fraction of sp³-hybridized carbons (Fsp3) is 0.931. The molecule has 5 fully saturated rings. The van der Waals surface area contributed by atoms with Crippen LogP contribution in [0.1, 0.15) is 106 Å². The smallest absolute Gasteiger partial charge is 0.374 e. The third-order valence-corrected chi connectivity index (χ3v) is 13.3. The second-order valence-corrected chi connectivity index (χ2v) is 14.0. The van der Waals surface area contributed by atoms with Crippen LogP contribution in [-0.2, 0) is 14.3 Å². The largest absolute Gasteiger partial charge is 0.463 e. The first kappa shape index (κ1) is 22.9. The van der Waals surface area contributed by atoms with Crippen LogP contribution in [0.25, 0.3) is 0 Å². The molecule has 9 atom stereocenters. The van der Waals surface area contributed by atoms with Crippen LogP contribution < -0.4 is 0 Å². The minimum Gasteiger partial charge on any atom is -0.463 e. The van der Waals surface area contributed by atoms with Gasteiger partial charge in [0.2, 0.25) is 5.78 Å². The fourth-order valence-corrected chi connectivity index (χ4v) is 11.1. The average molecular weight is 443 g/mol. The van der Waals surface area contributed by atoms with Crippen molar-refractivity contribution < 1.29 is 14.3 Å². The Morgan fingerprint density at radius 2 is 1.53 bits per heavy atom. The molecule has 0 saturated heterocycles. The van der Waals surface area contributed by atoms with Crippen LogP contribution in [0.4, 0.5) is 0 Å². The van der Waals surface area contributed by atoms with E-state index in [-0.39, 0.29) is 17.1 Å². The summed E-state index contributed by atoms with van der Waals surface area (Å²) in [4.78, 5) is 24.1. The molecule has 0 radical (unpaired) electrons. The Morgan fingerprint density at radius 3 is 2.22 bits per heavy atom. The van der Waals surface area contributed by atoms with E-state index in [2.05, 4.69) is 41.5 Å². The molecule has 0 aromatic rings. The molecule has 5 aliphatic carbocycles. The van der Waals surface area contributed by atoms with Crippen molar-refractivity contribution in [3.05, 3.63) is 0 Å². The van der Waals surface area contributed by atoms with Gasteiger partial charge in [-0.15, -0.1) is 0 Å². The van der Waals surface area contributed by atoms with Crippen LogP contribution >= 0.6 is 0 Å². The molecule has 180 valence electrons. The molecule has 2 spiro atoms. The predicted octanol–water partition coefficient (Wildman–Crippen LogP) is 6.83. The normalized spacial score (nSPS) is 51.5. The molecule has 32 heavy (non-hydrogen) atoms. The molecule has 0 aromatic heterocycles. The van der Waals surface area contributed by atoms with E-state index in [1.807, 2.05) is 0 Å². The van der Waals surface area contributed by atoms with Gasteiger partial charge in [-0.05, 0) is 114 Å². The second kappa shape index (κ2) is 6.85. The van der Waals surface area contributed by atoms with Crippen LogP contribution in [0.15, 0.2) is 0 Å². The van der Waals surface area contributed by atoms with Gasteiger partial charge in [-0.2, -0.15) is 0 Å². The van der Waals surface area contributed by atoms with Crippen molar-refractivity contribution in [2.75, 3.05) is 7.11 Å². The summed E-state index contributed by atoms with van der Waals surface area (Å²) in [6, 6.07) is 0. The number of ketones is 1. The van der Waals surface area contributed by atoms with Crippen LogP contribution in [0.2, 0.25) is 0 Å². The Balaban J connectivity index is 1.42. The topological polar surface area (TPSA) is 43.4 Å². The fourth-order valence-electron chi connectivity index (χ4n) is 11.1. The van der Waals surface area contributed by atoms with Gasteiger partial charge in [-0.3, -0.25) is 4.79 Å². The van der Waals surface area contributed by atoms with Gasteiger partial charge >= 0.3 is 5.97 Å². The standard InChI is InChI=1S/C29H46O3/c1-18(16-21(30)24(31)32-7)20-11-12-27(6)23-9-8-22-25(3,4)19(2)10-13-28(22)17-29(23,28)15-14-26(20,27)5/h18-20,22-23H,8-17H2,1-7H3/t18-,19+,20-,22+,23+,26-,27+,28-,29+/m1/s1. The molecule has 5 rings (SSSR count). The second-order valence-electron chi connectivity index (χ2n) is 14.0. The number of carbonyl (C=O) groups excluding carboxylic acids is 2. The van der Waals surface area contributed by atoms with Crippen molar-refractivity contribution in [3.8, 4) is 0 Å². The third kappa shape index (κ3) is 2.55. The molecule has 3 heteroatoms. The van der Waals surface area contributed by atoms with Gasteiger partial charge in [-0.1, -0.05) is 41.5 Å². The van der Waals surface area contributed by atoms with Crippen molar-refractivity contribution in [1.82, 2.24) is 0 Å². The number of Topliss-reactive ketones (excluding diaryl/α,β-unsaturated/α-hetero) is 1. The van der Waals surface area contributed by atoms with E-state index >= 15 is 0 Å². The lowest BCUT2D eigenvalue weighted by molar-refractivity contribution is -0.155. The maximum absolute atomic E-state index is 12.3. The minimum absolute atomic E-state index is 0.251. The summed E-state index contributed by atoms with van der Waals surface area (Å²) in [5.41, 5.74) is 2.37. The molecule has 0 unspecified atom stereocenters. The number of fused-ring (bicyclic) bond motifs is 2. The van der Waals surface area contributed by atoms with Crippen molar-refractivity contribution in [1.29, 1.82) is 0 Å². The van der Waals surface area contributed by atoms with E-state index in [1.165, 1.54) is 64.9 Å². The highest BCUT2D eigenvalue weighted by molar-refractivity contribution is 6.33. The van der Waals surface area contributed by atoms with E-state index in [4.69, 9.17) is 4.74 Å². The summed E-state index contributed by atoms with van der Waals surface area (Å²) >= 11 is 0. The molecule has 0 amide bonds. The molecular weight excluding hydrogens is 396 g/mol. The molecule has 0 bridgehead atoms. The van der Waals surface area contributed by atoms with Crippen molar-refractivity contribution in [3.63, 3.8) is 0 Å². The van der Waals surface area contributed by atoms with E-state index < -0.39 is 5.97 Å². The van der Waals surface area contributed by atoms with E-state index in [1.54, 1.807) is 0 Å². The Morgan fingerprint density at radius 1 is 0.875 bits per heavy atom. The Bertz CT molecular complexity index is 830. The van der Waals surface area contributed by atoms with E-state index in [9.17, 15) is 9.59 Å². The Hall–Kier alpha value is -0.860. The molecule has 0 heterocycles. The molecule has 5 saturated carbocycles. The highest BCUT2D eigenvalue weighted by Gasteiger charge is 2.81. The number of rotatable bonds is 4. The molecule has 0 aliphatic heterocycles. The van der Waals surface area contributed by atoms with Crippen LogP contribution in [-0.4, -0.2) is 18.9 Å². The number of carbonyl (C=O) groups is 2. The lowest BCUT2D eigenvalue weighted by Gasteiger charge is -2.63. The monoisotopic (exact) mass is 442 g/mol. The quantitative estimate of drug-likeness (QED) is 0.354. The summed E-state index contributed by atoms with van der Waals surface area (Å²) < 4.78 is 4.70. The van der Waals surface area contributed by atoms with Crippen molar-refractivity contribution >= 4 is 11.8 Å². The Labute approximate surface area is 195 Å². The molecule has 3 nitrogen and oxygen atoms in total. The Kier molecular flexibility index (Phi) is 4.90. The van der Waals surface area contributed by atoms with Gasteiger partial charge in [0, 0.05) is 6.42 Å². The van der Waals surface area contributed by atoms with Crippen LogP contribution in [0.5, 0.6) is 0 Å². The molecule has 0 aromatic carbocycles. The van der Waals surface area contributed by atoms with Crippen molar-refractivity contribution in [2.45, 2.75) is 106 Å². The first-order chi connectivity index (χ1) is 14.9.